The molecule has 1 aliphatic rings. The molecule has 3 nitrogen and oxygen atoms in total. The number of hydrogen-bond acceptors (Lipinski definition) is 3. The maximum Gasteiger partial charge on any atom is 0.0449 e. The highest BCUT2D eigenvalue weighted by Gasteiger charge is 2.30. The van der Waals surface area contributed by atoms with E-state index in [9.17, 15) is 0 Å². The maximum absolute atomic E-state index is 8.46. The molecule has 4 N–H and O–H groups in total. The molecule has 1 heterocycles. The fourth-order valence-electron chi connectivity index (χ4n) is 0.846. The van der Waals surface area contributed by atoms with Gasteiger partial charge in [-0.1, -0.05) is 0 Å². The van der Waals surface area contributed by atoms with Gasteiger partial charge in [0.25, 0.3) is 0 Å². The van der Waals surface area contributed by atoms with Gasteiger partial charge in [-0.15, -0.1) is 0 Å². The summed E-state index contributed by atoms with van der Waals surface area (Å²) < 4.78 is 0. The van der Waals surface area contributed by atoms with Crippen molar-refractivity contribution in [1.82, 2.24) is 5.32 Å². The summed E-state index contributed by atoms with van der Waals surface area (Å²) in [5, 5.41) is 11.5. The van der Waals surface area contributed by atoms with Crippen LogP contribution in [0.15, 0.2) is 0 Å². The van der Waals surface area contributed by atoms with Gasteiger partial charge in [-0.2, -0.15) is 0 Å². The molecule has 3 heteroatoms. The summed E-state index contributed by atoms with van der Waals surface area (Å²) in [5.74, 6) is 0. The Labute approximate surface area is 48.9 Å². The average molecular weight is 116 g/mol. The van der Waals surface area contributed by atoms with Gasteiger partial charge in [0.1, 0.15) is 0 Å². The first kappa shape index (κ1) is 6.01. The van der Waals surface area contributed by atoms with E-state index in [2.05, 4.69) is 5.32 Å². The number of aliphatic hydroxyl groups is 1. The van der Waals surface area contributed by atoms with Crippen LogP contribution in [0.4, 0.5) is 0 Å². The summed E-state index contributed by atoms with van der Waals surface area (Å²) in [6.07, 6.45) is 0.722. The summed E-state index contributed by atoms with van der Waals surface area (Å²) >= 11 is 0. The number of nitrogens with two attached hydrogens (primary N) is 1. The zero-order valence-electron chi connectivity index (χ0n) is 4.85. The third kappa shape index (κ3) is 0.992. The van der Waals surface area contributed by atoms with Gasteiger partial charge >= 0.3 is 0 Å². The molecule has 1 saturated heterocycles. The zero-order valence-corrected chi connectivity index (χ0v) is 4.85. The van der Waals surface area contributed by atoms with Crippen LogP contribution in [-0.2, 0) is 0 Å². The van der Waals surface area contributed by atoms with Crippen LogP contribution in [0.25, 0.3) is 0 Å². The average Bonchev–Trinajstić information content (AvgIpc) is 1.64. The quantitative estimate of drug-likeness (QED) is 0.419. The van der Waals surface area contributed by atoms with Gasteiger partial charge < -0.3 is 16.2 Å². The predicted molar refractivity (Wildman–Crippen MR) is 31.5 cm³/mol. The van der Waals surface area contributed by atoms with Crippen molar-refractivity contribution >= 4 is 0 Å². The van der Waals surface area contributed by atoms with E-state index in [1.54, 1.807) is 0 Å². The van der Waals surface area contributed by atoms with E-state index >= 15 is 0 Å². The summed E-state index contributed by atoms with van der Waals surface area (Å²) in [4.78, 5) is 0. The van der Waals surface area contributed by atoms with Crippen LogP contribution in [0.5, 0.6) is 0 Å². The molecule has 0 radical (unpaired) electrons. The minimum Gasteiger partial charge on any atom is -0.396 e. The van der Waals surface area contributed by atoms with Crippen molar-refractivity contribution in [2.24, 2.45) is 5.73 Å². The number of aliphatic hydroxyl groups excluding tert-OH is 1. The second kappa shape index (κ2) is 2.01. The van der Waals surface area contributed by atoms with Crippen LogP contribution in [0.1, 0.15) is 6.42 Å². The molecular formula is C5H12N2O. The van der Waals surface area contributed by atoms with Gasteiger partial charge in [-0.25, -0.2) is 0 Å². The van der Waals surface area contributed by atoms with Gasteiger partial charge in [0.15, 0.2) is 0 Å². The van der Waals surface area contributed by atoms with Crippen molar-refractivity contribution in [1.29, 1.82) is 0 Å². The minimum absolute atomic E-state index is 0.0885. The van der Waals surface area contributed by atoms with Gasteiger partial charge in [0, 0.05) is 25.2 Å². The van der Waals surface area contributed by atoms with Crippen LogP contribution in [-0.4, -0.2) is 30.3 Å². The standard InChI is InChI=1S/C5H12N2O/c6-5(1-2-8)3-7-4-5/h7-8H,1-4,6H2. The monoisotopic (exact) mass is 116 g/mol. The molecule has 0 spiro atoms. The molecule has 8 heavy (non-hydrogen) atoms. The van der Waals surface area contributed by atoms with E-state index in [1.807, 2.05) is 0 Å². The second-order valence-electron chi connectivity index (χ2n) is 2.44. The Morgan fingerprint density at radius 3 is 2.38 bits per heavy atom. The fraction of sp³-hybridized carbons (Fsp3) is 1.00. The van der Waals surface area contributed by atoms with E-state index < -0.39 is 0 Å². The first-order valence-electron chi connectivity index (χ1n) is 2.87. The SMILES string of the molecule is NC1(CCO)CNC1. The largest absolute Gasteiger partial charge is 0.396 e. The van der Waals surface area contributed by atoms with Gasteiger partial charge in [-0.3, -0.25) is 0 Å². The Hall–Kier alpha value is -0.120. The lowest BCUT2D eigenvalue weighted by Crippen LogP contribution is -2.65. The first-order chi connectivity index (χ1) is 3.77. The van der Waals surface area contributed by atoms with Gasteiger partial charge in [0.05, 0.1) is 0 Å². The van der Waals surface area contributed by atoms with E-state index in [-0.39, 0.29) is 12.1 Å². The molecule has 1 fully saturated rings. The summed E-state index contributed by atoms with van der Waals surface area (Å²) in [6, 6.07) is 0. The summed E-state index contributed by atoms with van der Waals surface area (Å²) in [5.41, 5.74) is 5.60. The van der Waals surface area contributed by atoms with E-state index in [1.165, 1.54) is 0 Å². The molecule has 0 unspecified atom stereocenters. The molecule has 0 atom stereocenters. The van der Waals surface area contributed by atoms with Crippen molar-refractivity contribution in [2.45, 2.75) is 12.0 Å². The van der Waals surface area contributed by atoms with E-state index in [4.69, 9.17) is 10.8 Å². The highest BCUT2D eigenvalue weighted by Crippen LogP contribution is 2.09. The molecule has 48 valence electrons. The molecule has 0 aromatic heterocycles. The lowest BCUT2D eigenvalue weighted by Gasteiger charge is -2.38. The smallest absolute Gasteiger partial charge is 0.0449 e. The minimum atomic E-state index is -0.0885. The van der Waals surface area contributed by atoms with Gasteiger partial charge in [-0.05, 0) is 6.42 Å². The van der Waals surface area contributed by atoms with E-state index in [0.717, 1.165) is 19.5 Å². The molecule has 1 aliphatic heterocycles. The molecule has 1 rings (SSSR count). The van der Waals surface area contributed by atoms with Crippen molar-refractivity contribution in [3.8, 4) is 0 Å². The normalized spacial score (nSPS) is 24.8. The molecule has 0 aromatic carbocycles. The lowest BCUT2D eigenvalue weighted by atomic mass is 9.91. The Balaban J connectivity index is 2.20. The topological polar surface area (TPSA) is 58.3 Å². The Morgan fingerprint density at radius 2 is 2.25 bits per heavy atom. The Kier molecular flexibility index (Phi) is 1.51. The third-order valence-electron chi connectivity index (χ3n) is 1.56. The van der Waals surface area contributed by atoms with E-state index in [0.29, 0.717) is 0 Å². The first-order valence-corrected chi connectivity index (χ1v) is 2.87. The highest BCUT2D eigenvalue weighted by atomic mass is 16.3. The molecule has 0 aliphatic carbocycles. The van der Waals surface area contributed by atoms with Crippen LogP contribution in [0.2, 0.25) is 0 Å². The van der Waals surface area contributed by atoms with Crippen LogP contribution < -0.4 is 11.1 Å². The molecule has 0 bridgehead atoms. The molecule has 0 amide bonds. The highest BCUT2D eigenvalue weighted by molar-refractivity contribution is 4.96. The van der Waals surface area contributed by atoms with Crippen molar-refractivity contribution < 1.29 is 5.11 Å². The Bertz CT molecular complexity index is 80.5. The zero-order chi connectivity index (χ0) is 6.04. The lowest BCUT2D eigenvalue weighted by molar-refractivity contribution is 0.191. The Morgan fingerprint density at radius 1 is 1.62 bits per heavy atom. The summed E-state index contributed by atoms with van der Waals surface area (Å²) in [7, 11) is 0. The van der Waals surface area contributed by atoms with Gasteiger partial charge in [0.2, 0.25) is 0 Å². The molecule has 0 aromatic rings. The number of nitrogens with one attached hydrogen (secondary N) is 1. The second-order valence-corrected chi connectivity index (χ2v) is 2.44. The fourth-order valence-corrected chi connectivity index (χ4v) is 0.846. The number of rotatable bonds is 2. The van der Waals surface area contributed by atoms with Crippen molar-refractivity contribution in [2.75, 3.05) is 19.7 Å². The number of hydrogen-bond donors (Lipinski definition) is 3. The van der Waals surface area contributed by atoms with Crippen LogP contribution in [0.3, 0.4) is 0 Å². The van der Waals surface area contributed by atoms with Crippen molar-refractivity contribution in [3.63, 3.8) is 0 Å². The molecule has 0 saturated carbocycles. The summed E-state index contributed by atoms with van der Waals surface area (Å²) in [6.45, 7) is 1.92. The van der Waals surface area contributed by atoms with Crippen LogP contribution in [0, 0.1) is 0 Å². The maximum atomic E-state index is 8.46. The molecular weight excluding hydrogens is 104 g/mol. The van der Waals surface area contributed by atoms with Crippen LogP contribution >= 0.6 is 0 Å². The predicted octanol–water partition coefficient (Wildman–Crippen LogP) is -1.33. The van der Waals surface area contributed by atoms with Crippen molar-refractivity contribution in [3.05, 3.63) is 0 Å². The third-order valence-corrected chi connectivity index (χ3v) is 1.56.